The molecule has 1 aromatic heterocycles. The van der Waals surface area contributed by atoms with Gasteiger partial charge >= 0.3 is 0 Å². The Morgan fingerprint density at radius 2 is 0.830 bits per heavy atom. The zero-order valence-corrected chi connectivity index (χ0v) is 27.9. The molecule has 1 nitrogen and oxygen atoms in total. The van der Waals surface area contributed by atoms with Crippen LogP contribution in [0.25, 0.3) is 71.3 Å². The predicted octanol–water partition coefficient (Wildman–Crippen LogP) is 12.3. The molecule has 0 unspecified atom stereocenters. The predicted molar refractivity (Wildman–Crippen MR) is 200 cm³/mol. The summed E-state index contributed by atoms with van der Waals surface area (Å²) in [5.41, 5.74) is 17.8. The molecular formula is C46H37N. The quantitative estimate of drug-likeness (QED) is 0.176. The van der Waals surface area contributed by atoms with Crippen LogP contribution in [0.3, 0.4) is 0 Å². The lowest BCUT2D eigenvalue weighted by Gasteiger charge is -2.22. The molecule has 2 aliphatic carbocycles. The first-order chi connectivity index (χ1) is 22.7. The number of nitrogens with zero attached hydrogens (tertiary/aromatic N) is 1. The summed E-state index contributed by atoms with van der Waals surface area (Å²) < 4.78 is 2.59. The molecule has 0 radical (unpaired) electrons. The van der Waals surface area contributed by atoms with E-state index in [9.17, 15) is 0 Å². The fraction of sp³-hybridized carbons (Fsp3) is 0.174. The van der Waals surface area contributed by atoms with Gasteiger partial charge in [-0.3, -0.25) is 0 Å². The van der Waals surface area contributed by atoms with Gasteiger partial charge in [0.05, 0.1) is 11.0 Å². The van der Waals surface area contributed by atoms with E-state index in [0.717, 1.165) is 0 Å². The number of fused-ring (bicyclic) bond motifs is 13. The highest BCUT2D eigenvalue weighted by Gasteiger charge is 2.41. The van der Waals surface area contributed by atoms with Gasteiger partial charge < -0.3 is 4.57 Å². The number of hydrogen-bond donors (Lipinski definition) is 0. The molecule has 226 valence electrons. The Labute approximate surface area is 276 Å². The highest BCUT2D eigenvalue weighted by atomic mass is 15.0. The Balaban J connectivity index is 1.42. The standard InChI is InChI=1S/C46H37N/c1-26-39-37(45(3,4)35-22-20-28-14-10-12-18-31(28)41(35)39)24-33-34-25-38-40(27(2)44(34)47(43(26)33)30-16-8-7-9-17-30)42-32-19-13-11-15-29(32)21-23-36(42)46(38,5)6/h7-25H,1-6H3. The molecule has 1 heteroatoms. The number of benzene rings is 7. The normalized spacial score (nSPS) is 15.4. The van der Waals surface area contributed by atoms with Crippen LogP contribution in [0.5, 0.6) is 0 Å². The van der Waals surface area contributed by atoms with Crippen molar-refractivity contribution in [3.8, 4) is 27.9 Å². The van der Waals surface area contributed by atoms with Gasteiger partial charge in [0.25, 0.3) is 0 Å². The molecule has 0 bridgehead atoms. The first-order valence-electron chi connectivity index (χ1n) is 17.0. The second-order valence-corrected chi connectivity index (χ2v) is 15.0. The monoisotopic (exact) mass is 603 g/mol. The van der Waals surface area contributed by atoms with Gasteiger partial charge in [-0.1, -0.05) is 119 Å². The molecule has 0 atom stereocenters. The Bertz CT molecular complexity index is 2510. The zero-order chi connectivity index (χ0) is 32.0. The van der Waals surface area contributed by atoms with Gasteiger partial charge in [0, 0.05) is 27.3 Å². The lowest BCUT2D eigenvalue weighted by Crippen LogP contribution is -2.15. The molecular weight excluding hydrogens is 567 g/mol. The summed E-state index contributed by atoms with van der Waals surface area (Å²) in [6, 6.07) is 43.4. The second kappa shape index (κ2) is 8.81. The number of rotatable bonds is 1. The first kappa shape index (κ1) is 27.0. The summed E-state index contributed by atoms with van der Waals surface area (Å²) >= 11 is 0. The van der Waals surface area contributed by atoms with Gasteiger partial charge in [-0.2, -0.15) is 0 Å². The summed E-state index contributed by atoms with van der Waals surface area (Å²) in [6.07, 6.45) is 0. The molecule has 1 heterocycles. The van der Waals surface area contributed by atoms with E-state index >= 15 is 0 Å². The Morgan fingerprint density at radius 1 is 0.404 bits per heavy atom. The highest BCUT2D eigenvalue weighted by Crippen LogP contribution is 2.58. The second-order valence-electron chi connectivity index (χ2n) is 15.0. The minimum Gasteiger partial charge on any atom is -0.309 e. The topological polar surface area (TPSA) is 4.93 Å². The van der Waals surface area contributed by atoms with E-state index in [1.54, 1.807) is 0 Å². The van der Waals surface area contributed by atoms with E-state index in [1.807, 2.05) is 0 Å². The summed E-state index contributed by atoms with van der Waals surface area (Å²) in [6.45, 7) is 14.4. The van der Waals surface area contributed by atoms with E-state index in [4.69, 9.17) is 0 Å². The summed E-state index contributed by atoms with van der Waals surface area (Å²) in [4.78, 5) is 0. The summed E-state index contributed by atoms with van der Waals surface area (Å²) in [7, 11) is 0. The van der Waals surface area contributed by atoms with Crippen LogP contribution in [0.4, 0.5) is 0 Å². The smallest absolute Gasteiger partial charge is 0.0576 e. The van der Waals surface area contributed by atoms with Crippen molar-refractivity contribution in [2.45, 2.75) is 52.4 Å². The molecule has 47 heavy (non-hydrogen) atoms. The van der Waals surface area contributed by atoms with E-state index in [-0.39, 0.29) is 10.8 Å². The lowest BCUT2D eigenvalue weighted by atomic mass is 9.80. The maximum atomic E-state index is 2.59. The van der Waals surface area contributed by atoms with Gasteiger partial charge in [-0.15, -0.1) is 0 Å². The number of aromatic nitrogens is 1. The van der Waals surface area contributed by atoms with Crippen molar-refractivity contribution in [2.24, 2.45) is 0 Å². The maximum absolute atomic E-state index is 2.59. The van der Waals surface area contributed by atoms with Crippen LogP contribution >= 0.6 is 0 Å². The maximum Gasteiger partial charge on any atom is 0.0576 e. The van der Waals surface area contributed by atoms with Crippen molar-refractivity contribution in [3.05, 3.63) is 149 Å². The summed E-state index contributed by atoms with van der Waals surface area (Å²) in [5, 5.41) is 8.02. The van der Waals surface area contributed by atoms with Crippen molar-refractivity contribution >= 4 is 43.4 Å². The van der Waals surface area contributed by atoms with Crippen LogP contribution in [-0.4, -0.2) is 4.57 Å². The number of hydrogen-bond acceptors (Lipinski definition) is 0. The van der Waals surface area contributed by atoms with Crippen LogP contribution in [-0.2, 0) is 10.8 Å². The lowest BCUT2D eigenvalue weighted by molar-refractivity contribution is 0.661. The Morgan fingerprint density at radius 3 is 1.30 bits per heavy atom. The molecule has 0 saturated heterocycles. The average molecular weight is 604 g/mol. The van der Waals surface area contributed by atoms with Crippen molar-refractivity contribution in [3.63, 3.8) is 0 Å². The molecule has 0 N–H and O–H groups in total. The fourth-order valence-corrected chi connectivity index (χ4v) is 9.59. The minimum absolute atomic E-state index is 0.102. The largest absolute Gasteiger partial charge is 0.309 e. The fourth-order valence-electron chi connectivity index (χ4n) is 9.59. The van der Waals surface area contributed by atoms with Gasteiger partial charge in [-0.05, 0) is 115 Å². The molecule has 0 spiro atoms. The molecule has 0 aliphatic heterocycles. The third-order valence-electron chi connectivity index (χ3n) is 11.9. The minimum atomic E-state index is -0.102. The summed E-state index contributed by atoms with van der Waals surface area (Å²) in [5.74, 6) is 0. The van der Waals surface area contributed by atoms with E-state index in [1.165, 1.54) is 105 Å². The third-order valence-corrected chi connectivity index (χ3v) is 11.9. The van der Waals surface area contributed by atoms with Crippen molar-refractivity contribution in [2.75, 3.05) is 0 Å². The van der Waals surface area contributed by atoms with E-state index < -0.39 is 0 Å². The van der Waals surface area contributed by atoms with Crippen LogP contribution in [0, 0.1) is 13.8 Å². The molecule has 0 amide bonds. The highest BCUT2D eigenvalue weighted by molar-refractivity contribution is 6.18. The van der Waals surface area contributed by atoms with Gasteiger partial charge in [0.15, 0.2) is 0 Å². The number of aryl methyl sites for hydroxylation is 2. The van der Waals surface area contributed by atoms with Crippen molar-refractivity contribution < 1.29 is 0 Å². The Kier molecular flexibility index (Phi) is 5.06. The van der Waals surface area contributed by atoms with E-state index in [0.29, 0.717) is 0 Å². The SMILES string of the molecule is Cc1c2c(cc3c4cc5c(c(C)c4n(-c4ccccc4)c13)-c1c(ccc3ccccc13)C5(C)C)C(C)(C)c1ccc3ccccc3c1-2. The Hall–Kier alpha value is -5.14. The van der Waals surface area contributed by atoms with Crippen molar-refractivity contribution in [1.29, 1.82) is 0 Å². The van der Waals surface area contributed by atoms with Crippen molar-refractivity contribution in [1.82, 2.24) is 4.57 Å². The van der Waals surface area contributed by atoms with Gasteiger partial charge in [0.2, 0.25) is 0 Å². The van der Waals surface area contributed by atoms with Gasteiger partial charge in [0.1, 0.15) is 0 Å². The van der Waals surface area contributed by atoms with Crippen LogP contribution in [0.2, 0.25) is 0 Å². The van der Waals surface area contributed by atoms with Gasteiger partial charge in [-0.25, -0.2) is 0 Å². The molecule has 2 aliphatic rings. The first-order valence-corrected chi connectivity index (χ1v) is 17.0. The molecule has 7 aromatic carbocycles. The van der Waals surface area contributed by atoms with Crippen LogP contribution in [0.15, 0.2) is 115 Å². The van der Waals surface area contributed by atoms with E-state index in [2.05, 4.69) is 161 Å². The molecule has 10 rings (SSSR count). The molecule has 0 fully saturated rings. The zero-order valence-electron chi connectivity index (χ0n) is 27.9. The molecule has 8 aromatic rings. The molecule has 0 saturated carbocycles. The average Bonchev–Trinajstić information content (AvgIpc) is 3.63. The van der Waals surface area contributed by atoms with Crippen LogP contribution in [0.1, 0.15) is 61.1 Å². The number of para-hydroxylation sites is 1. The van der Waals surface area contributed by atoms with Crippen LogP contribution < -0.4 is 0 Å². The third kappa shape index (κ3) is 3.20.